The molecule has 0 aromatic heterocycles. The van der Waals surface area contributed by atoms with E-state index in [4.69, 9.17) is 9.47 Å². The van der Waals surface area contributed by atoms with E-state index in [9.17, 15) is 4.79 Å². The van der Waals surface area contributed by atoms with Gasteiger partial charge in [-0.25, -0.2) is 0 Å². The molecule has 0 fully saturated rings. The predicted octanol–water partition coefficient (Wildman–Crippen LogP) is 3.40. The number of carbonyl (C=O) groups excluding carboxylic acids is 1. The summed E-state index contributed by atoms with van der Waals surface area (Å²) in [6, 6.07) is 11.1. The van der Waals surface area contributed by atoms with Crippen LogP contribution in [0.3, 0.4) is 0 Å². The first-order valence-electron chi connectivity index (χ1n) is 8.22. The average molecular weight is 435 g/mol. The van der Waals surface area contributed by atoms with E-state index in [0.29, 0.717) is 17.5 Å². The van der Waals surface area contributed by atoms with E-state index in [2.05, 4.69) is 36.9 Å². The van der Waals surface area contributed by atoms with Crippen molar-refractivity contribution in [1.82, 2.24) is 5.32 Å². The molecule has 0 aliphatic rings. The van der Waals surface area contributed by atoms with Crippen molar-refractivity contribution in [3.8, 4) is 11.5 Å². The van der Waals surface area contributed by atoms with Gasteiger partial charge in [-0.15, -0.1) is 0 Å². The molecule has 27 heavy (non-hydrogen) atoms. The molecular weight excluding hydrogens is 412 g/mol. The molecule has 0 atom stereocenters. The molecule has 1 amide bonds. The van der Waals surface area contributed by atoms with E-state index < -0.39 is 0 Å². The molecule has 0 radical (unpaired) electrons. The van der Waals surface area contributed by atoms with Crippen LogP contribution in [0.25, 0.3) is 0 Å². The maximum absolute atomic E-state index is 12.2. The molecule has 0 aliphatic carbocycles. The Balaban J connectivity index is 1.95. The lowest BCUT2D eigenvalue weighted by Crippen LogP contribution is -2.37. The number of aryl methyl sites for hydroxylation is 1. The zero-order valence-electron chi connectivity index (χ0n) is 15.7. The van der Waals surface area contributed by atoms with Crippen LogP contribution in [0.5, 0.6) is 11.5 Å². The molecule has 8 heteroatoms. The fourth-order valence-electron chi connectivity index (χ4n) is 2.32. The molecule has 0 bridgehead atoms. The Labute approximate surface area is 167 Å². The van der Waals surface area contributed by atoms with Gasteiger partial charge in [0, 0.05) is 29.0 Å². The van der Waals surface area contributed by atoms with Gasteiger partial charge in [0.1, 0.15) is 0 Å². The fourth-order valence-corrected chi connectivity index (χ4v) is 2.68. The van der Waals surface area contributed by atoms with Gasteiger partial charge in [-0.1, -0.05) is 22.0 Å². The molecule has 7 nitrogen and oxygen atoms in total. The summed E-state index contributed by atoms with van der Waals surface area (Å²) in [6.45, 7) is 2.01. The Morgan fingerprint density at radius 3 is 2.48 bits per heavy atom. The number of benzene rings is 2. The highest BCUT2D eigenvalue weighted by Crippen LogP contribution is 2.29. The van der Waals surface area contributed by atoms with Crippen molar-refractivity contribution in [2.45, 2.75) is 6.92 Å². The van der Waals surface area contributed by atoms with Crippen molar-refractivity contribution in [3.63, 3.8) is 0 Å². The minimum absolute atomic E-state index is 0.0684. The number of carbonyl (C=O) groups is 1. The third-order valence-corrected chi connectivity index (χ3v) is 4.25. The lowest BCUT2D eigenvalue weighted by molar-refractivity contribution is -0.115. The van der Waals surface area contributed by atoms with Gasteiger partial charge in [-0.3, -0.25) is 9.79 Å². The number of hydrogen-bond acceptors (Lipinski definition) is 4. The number of anilines is 2. The minimum Gasteiger partial charge on any atom is -0.493 e. The molecule has 0 unspecified atom stereocenters. The number of nitrogens with one attached hydrogen (secondary N) is 3. The van der Waals surface area contributed by atoms with Crippen molar-refractivity contribution in [2.24, 2.45) is 4.99 Å². The zero-order valence-corrected chi connectivity index (χ0v) is 17.3. The largest absolute Gasteiger partial charge is 0.493 e. The van der Waals surface area contributed by atoms with Gasteiger partial charge in [-0.05, 0) is 36.8 Å². The third kappa shape index (κ3) is 5.89. The second-order valence-electron chi connectivity index (χ2n) is 5.63. The normalized spacial score (nSPS) is 10.9. The Kier molecular flexibility index (Phi) is 7.48. The van der Waals surface area contributed by atoms with Gasteiger partial charge < -0.3 is 25.4 Å². The standard InChI is InChI=1S/C19H23BrN4O3/c1-12-5-6-13(20)9-15(12)24-18(25)11-22-19(21-2)23-14-7-8-16(26-3)17(10-14)27-4/h5-10H,11H2,1-4H3,(H,24,25)(H2,21,22,23). The highest BCUT2D eigenvalue weighted by molar-refractivity contribution is 9.10. The van der Waals surface area contributed by atoms with Crippen LogP contribution in [0.2, 0.25) is 0 Å². The smallest absolute Gasteiger partial charge is 0.243 e. The second kappa shape index (κ2) is 9.82. The maximum atomic E-state index is 12.2. The molecule has 3 N–H and O–H groups in total. The molecule has 0 saturated heterocycles. The molecule has 0 heterocycles. The van der Waals surface area contributed by atoms with Crippen LogP contribution < -0.4 is 25.4 Å². The number of ether oxygens (including phenoxy) is 2. The maximum Gasteiger partial charge on any atom is 0.243 e. The first kappa shape index (κ1) is 20.6. The van der Waals surface area contributed by atoms with E-state index in [-0.39, 0.29) is 12.5 Å². The number of aliphatic imine (C=N–C) groups is 1. The third-order valence-electron chi connectivity index (χ3n) is 3.76. The number of amides is 1. The number of hydrogen-bond donors (Lipinski definition) is 3. The summed E-state index contributed by atoms with van der Waals surface area (Å²) in [5.41, 5.74) is 2.50. The molecule has 2 rings (SSSR count). The molecular formula is C19H23BrN4O3. The first-order chi connectivity index (χ1) is 13.0. The van der Waals surface area contributed by atoms with E-state index in [0.717, 1.165) is 21.4 Å². The Hall–Kier alpha value is -2.74. The van der Waals surface area contributed by atoms with Crippen LogP contribution in [-0.4, -0.2) is 39.7 Å². The van der Waals surface area contributed by atoms with Crippen LogP contribution >= 0.6 is 15.9 Å². The van der Waals surface area contributed by atoms with E-state index in [1.54, 1.807) is 33.4 Å². The van der Waals surface area contributed by atoms with Crippen LogP contribution in [0.1, 0.15) is 5.56 Å². The molecule has 0 spiro atoms. The first-order valence-corrected chi connectivity index (χ1v) is 9.01. The summed E-state index contributed by atoms with van der Waals surface area (Å²) in [5, 5.41) is 8.97. The molecule has 2 aromatic rings. The van der Waals surface area contributed by atoms with E-state index in [1.807, 2.05) is 31.2 Å². The van der Waals surface area contributed by atoms with Crippen molar-refractivity contribution < 1.29 is 14.3 Å². The summed E-state index contributed by atoms with van der Waals surface area (Å²) in [5.74, 6) is 1.52. The van der Waals surface area contributed by atoms with Gasteiger partial charge >= 0.3 is 0 Å². The number of nitrogens with zero attached hydrogens (tertiary/aromatic N) is 1. The van der Waals surface area contributed by atoms with Crippen molar-refractivity contribution in [3.05, 3.63) is 46.4 Å². The summed E-state index contributed by atoms with van der Waals surface area (Å²) in [6.07, 6.45) is 0. The van der Waals surface area contributed by atoms with Gasteiger partial charge in [0.25, 0.3) is 0 Å². The van der Waals surface area contributed by atoms with Gasteiger partial charge in [0.15, 0.2) is 17.5 Å². The van der Waals surface area contributed by atoms with Crippen molar-refractivity contribution in [1.29, 1.82) is 0 Å². The molecule has 144 valence electrons. The number of methoxy groups -OCH3 is 2. The molecule has 2 aromatic carbocycles. The monoisotopic (exact) mass is 434 g/mol. The van der Waals surface area contributed by atoms with Crippen LogP contribution in [-0.2, 0) is 4.79 Å². The Morgan fingerprint density at radius 2 is 1.81 bits per heavy atom. The van der Waals surface area contributed by atoms with Crippen LogP contribution in [0.4, 0.5) is 11.4 Å². The summed E-state index contributed by atoms with van der Waals surface area (Å²) in [7, 11) is 4.78. The highest BCUT2D eigenvalue weighted by atomic mass is 79.9. The second-order valence-corrected chi connectivity index (χ2v) is 6.54. The number of rotatable bonds is 6. The van der Waals surface area contributed by atoms with Gasteiger partial charge in [0.2, 0.25) is 5.91 Å². The zero-order chi connectivity index (χ0) is 19.8. The summed E-state index contributed by atoms with van der Waals surface area (Å²) < 4.78 is 11.4. The lowest BCUT2D eigenvalue weighted by atomic mass is 10.2. The molecule has 0 saturated carbocycles. The van der Waals surface area contributed by atoms with Crippen molar-refractivity contribution >= 4 is 39.2 Å². The lowest BCUT2D eigenvalue weighted by Gasteiger charge is -2.14. The summed E-state index contributed by atoms with van der Waals surface area (Å²) in [4.78, 5) is 16.4. The predicted molar refractivity (Wildman–Crippen MR) is 112 cm³/mol. The highest BCUT2D eigenvalue weighted by Gasteiger charge is 2.09. The van der Waals surface area contributed by atoms with Gasteiger partial charge in [0.05, 0.1) is 20.8 Å². The van der Waals surface area contributed by atoms with Gasteiger partial charge in [-0.2, -0.15) is 0 Å². The van der Waals surface area contributed by atoms with E-state index >= 15 is 0 Å². The van der Waals surface area contributed by atoms with Crippen LogP contribution in [0, 0.1) is 6.92 Å². The van der Waals surface area contributed by atoms with Crippen LogP contribution in [0.15, 0.2) is 45.9 Å². The average Bonchev–Trinajstić information content (AvgIpc) is 2.67. The minimum atomic E-state index is -0.175. The van der Waals surface area contributed by atoms with Crippen molar-refractivity contribution in [2.75, 3.05) is 38.4 Å². The summed E-state index contributed by atoms with van der Waals surface area (Å²) >= 11 is 3.40. The fraction of sp³-hybridized carbons (Fsp3) is 0.263. The Morgan fingerprint density at radius 1 is 1.07 bits per heavy atom. The topological polar surface area (TPSA) is 84.0 Å². The molecule has 0 aliphatic heterocycles. The number of guanidine groups is 1. The SMILES string of the molecule is CN=C(NCC(=O)Nc1cc(Br)ccc1C)Nc1ccc(OC)c(OC)c1. The Bertz CT molecular complexity index is 840. The van der Waals surface area contributed by atoms with E-state index in [1.165, 1.54) is 0 Å². The number of halogens is 1. The quantitative estimate of drug-likeness (QED) is 0.479.